The van der Waals surface area contributed by atoms with Crippen molar-refractivity contribution < 1.29 is 4.79 Å². The molecule has 0 aliphatic carbocycles. The summed E-state index contributed by atoms with van der Waals surface area (Å²) in [4.78, 5) is 12.3. The van der Waals surface area contributed by atoms with Crippen LogP contribution in [0.2, 0.25) is 0 Å². The number of nitrogens with one attached hydrogen (secondary N) is 1. The maximum atomic E-state index is 12.3. The molecule has 2 aromatic heterocycles. The number of carbonyl (C=O) groups is 1. The normalized spacial score (nSPS) is 11.0. The number of carbonyl (C=O) groups excluding carboxylic acids is 1. The number of hydrogen-bond donors (Lipinski definition) is 1. The van der Waals surface area contributed by atoms with Crippen LogP contribution in [-0.2, 0) is 13.1 Å². The molecule has 0 spiro atoms. The second-order valence-corrected chi connectivity index (χ2v) is 6.58. The Balaban J connectivity index is 1.26. The van der Waals surface area contributed by atoms with Crippen molar-refractivity contribution in [3.05, 3.63) is 90.4 Å². The fourth-order valence-electron chi connectivity index (χ4n) is 3.23. The Labute approximate surface area is 158 Å². The lowest BCUT2D eigenvalue weighted by Crippen LogP contribution is -2.25. The van der Waals surface area contributed by atoms with E-state index >= 15 is 0 Å². The summed E-state index contributed by atoms with van der Waals surface area (Å²) in [5, 5.41) is 8.45. The number of para-hydroxylation sites is 1. The minimum atomic E-state index is -0.0296. The molecule has 27 heavy (non-hydrogen) atoms. The Kier molecular flexibility index (Phi) is 5.01. The molecule has 0 atom stereocenters. The van der Waals surface area contributed by atoms with Gasteiger partial charge in [0.1, 0.15) is 0 Å². The van der Waals surface area contributed by atoms with Crippen LogP contribution in [0.4, 0.5) is 0 Å². The number of aromatic nitrogens is 3. The molecule has 2 aromatic carbocycles. The van der Waals surface area contributed by atoms with Gasteiger partial charge in [-0.3, -0.25) is 9.48 Å². The lowest BCUT2D eigenvalue weighted by atomic mass is 10.1. The van der Waals surface area contributed by atoms with Crippen LogP contribution in [-0.4, -0.2) is 26.8 Å². The van der Waals surface area contributed by atoms with Crippen molar-refractivity contribution in [2.24, 2.45) is 0 Å². The summed E-state index contributed by atoms with van der Waals surface area (Å²) in [5.41, 5.74) is 3.04. The molecule has 4 aromatic rings. The van der Waals surface area contributed by atoms with Crippen LogP contribution in [0.15, 0.2) is 79.3 Å². The Morgan fingerprint density at radius 2 is 1.81 bits per heavy atom. The SMILES string of the molecule is O=C(NCCCn1ccc2ccccc21)c1ccc(Cn2cccn2)cc1. The van der Waals surface area contributed by atoms with Gasteiger partial charge in [0.05, 0.1) is 6.54 Å². The fourth-order valence-corrected chi connectivity index (χ4v) is 3.23. The van der Waals surface area contributed by atoms with E-state index in [1.54, 1.807) is 6.20 Å². The quantitative estimate of drug-likeness (QED) is 0.512. The Bertz CT molecular complexity index is 1020. The van der Waals surface area contributed by atoms with E-state index in [4.69, 9.17) is 0 Å². The molecule has 0 aliphatic rings. The minimum absolute atomic E-state index is 0.0296. The summed E-state index contributed by atoms with van der Waals surface area (Å²) < 4.78 is 4.09. The third-order valence-electron chi connectivity index (χ3n) is 4.66. The van der Waals surface area contributed by atoms with Gasteiger partial charge in [0.25, 0.3) is 5.91 Å². The van der Waals surface area contributed by atoms with Crippen molar-refractivity contribution in [1.82, 2.24) is 19.7 Å². The molecule has 4 rings (SSSR count). The minimum Gasteiger partial charge on any atom is -0.352 e. The van der Waals surface area contributed by atoms with E-state index in [0.717, 1.165) is 18.5 Å². The van der Waals surface area contributed by atoms with Gasteiger partial charge in [-0.05, 0) is 47.7 Å². The Morgan fingerprint density at radius 1 is 0.963 bits per heavy atom. The third kappa shape index (κ3) is 4.08. The van der Waals surface area contributed by atoms with Gasteiger partial charge >= 0.3 is 0 Å². The van der Waals surface area contributed by atoms with Gasteiger partial charge < -0.3 is 9.88 Å². The van der Waals surface area contributed by atoms with Crippen LogP contribution >= 0.6 is 0 Å². The second-order valence-electron chi connectivity index (χ2n) is 6.58. The largest absolute Gasteiger partial charge is 0.352 e. The van der Waals surface area contributed by atoms with Crippen LogP contribution in [0.25, 0.3) is 10.9 Å². The van der Waals surface area contributed by atoms with Crippen LogP contribution in [0, 0.1) is 0 Å². The average molecular weight is 358 g/mol. The van der Waals surface area contributed by atoms with Crippen molar-refractivity contribution in [2.75, 3.05) is 6.54 Å². The Hall–Kier alpha value is -3.34. The smallest absolute Gasteiger partial charge is 0.251 e. The van der Waals surface area contributed by atoms with Gasteiger partial charge in [-0.1, -0.05) is 30.3 Å². The molecular weight excluding hydrogens is 336 g/mol. The number of rotatable bonds is 7. The zero-order valence-corrected chi connectivity index (χ0v) is 15.1. The van der Waals surface area contributed by atoms with Gasteiger partial charge in [-0.2, -0.15) is 5.10 Å². The zero-order chi connectivity index (χ0) is 18.5. The van der Waals surface area contributed by atoms with E-state index in [-0.39, 0.29) is 5.91 Å². The van der Waals surface area contributed by atoms with E-state index < -0.39 is 0 Å². The van der Waals surface area contributed by atoms with E-state index in [2.05, 4.69) is 45.4 Å². The summed E-state index contributed by atoms with van der Waals surface area (Å²) in [7, 11) is 0. The molecule has 1 N–H and O–H groups in total. The van der Waals surface area contributed by atoms with Crippen molar-refractivity contribution in [3.63, 3.8) is 0 Å². The van der Waals surface area contributed by atoms with Crippen LogP contribution in [0.5, 0.6) is 0 Å². The number of hydrogen-bond acceptors (Lipinski definition) is 2. The summed E-state index contributed by atoms with van der Waals surface area (Å²) in [6, 6.07) is 20.1. The molecule has 136 valence electrons. The summed E-state index contributed by atoms with van der Waals surface area (Å²) in [6.45, 7) is 2.25. The standard InChI is InChI=1S/C22H22N4O/c27-22(20-9-7-18(8-10-20)17-26-15-4-13-24-26)23-12-3-14-25-16-11-19-5-1-2-6-21(19)25/h1-2,4-11,13,15-16H,3,12,14,17H2,(H,23,27). The Morgan fingerprint density at radius 3 is 2.63 bits per heavy atom. The number of benzene rings is 2. The third-order valence-corrected chi connectivity index (χ3v) is 4.66. The number of nitrogens with zero attached hydrogens (tertiary/aromatic N) is 3. The highest BCUT2D eigenvalue weighted by Crippen LogP contribution is 2.15. The number of amides is 1. The molecule has 0 unspecified atom stereocenters. The van der Waals surface area contributed by atoms with Gasteiger partial charge in [0.15, 0.2) is 0 Å². The number of fused-ring (bicyclic) bond motifs is 1. The first-order valence-corrected chi connectivity index (χ1v) is 9.18. The highest BCUT2D eigenvalue weighted by Gasteiger charge is 2.05. The van der Waals surface area contributed by atoms with Gasteiger partial charge in [0.2, 0.25) is 0 Å². The van der Waals surface area contributed by atoms with Crippen molar-refractivity contribution in [3.8, 4) is 0 Å². The molecule has 1 amide bonds. The second kappa shape index (κ2) is 7.91. The lowest BCUT2D eigenvalue weighted by Gasteiger charge is -2.08. The summed E-state index contributed by atoms with van der Waals surface area (Å²) in [5.74, 6) is -0.0296. The average Bonchev–Trinajstić information content (AvgIpc) is 3.36. The maximum Gasteiger partial charge on any atom is 0.251 e. The predicted octanol–water partition coefficient (Wildman–Crippen LogP) is 3.71. The highest BCUT2D eigenvalue weighted by molar-refractivity contribution is 5.94. The first-order chi connectivity index (χ1) is 13.3. The zero-order valence-electron chi connectivity index (χ0n) is 15.1. The van der Waals surface area contributed by atoms with Crippen LogP contribution < -0.4 is 5.32 Å². The first-order valence-electron chi connectivity index (χ1n) is 9.18. The molecule has 0 radical (unpaired) electrons. The summed E-state index contributed by atoms with van der Waals surface area (Å²) in [6.07, 6.45) is 6.68. The molecule has 0 saturated carbocycles. The molecule has 2 heterocycles. The molecular formula is C22H22N4O. The molecule has 0 fully saturated rings. The topological polar surface area (TPSA) is 51.9 Å². The van der Waals surface area contributed by atoms with E-state index in [1.165, 1.54) is 10.9 Å². The van der Waals surface area contributed by atoms with E-state index in [1.807, 2.05) is 47.3 Å². The molecule has 5 heteroatoms. The highest BCUT2D eigenvalue weighted by atomic mass is 16.1. The predicted molar refractivity (Wildman–Crippen MR) is 107 cm³/mol. The van der Waals surface area contributed by atoms with Gasteiger partial charge in [-0.25, -0.2) is 0 Å². The van der Waals surface area contributed by atoms with E-state index in [9.17, 15) is 4.79 Å². The molecule has 0 bridgehead atoms. The fraction of sp³-hybridized carbons (Fsp3) is 0.182. The van der Waals surface area contributed by atoms with E-state index in [0.29, 0.717) is 18.7 Å². The first kappa shape index (κ1) is 17.1. The van der Waals surface area contributed by atoms with Crippen molar-refractivity contribution >= 4 is 16.8 Å². The van der Waals surface area contributed by atoms with Gasteiger partial charge in [-0.15, -0.1) is 0 Å². The van der Waals surface area contributed by atoms with Crippen molar-refractivity contribution in [2.45, 2.75) is 19.5 Å². The lowest BCUT2D eigenvalue weighted by molar-refractivity contribution is 0.0953. The molecule has 0 saturated heterocycles. The van der Waals surface area contributed by atoms with Crippen LogP contribution in [0.3, 0.4) is 0 Å². The van der Waals surface area contributed by atoms with Gasteiger partial charge in [0, 0.05) is 42.8 Å². The van der Waals surface area contributed by atoms with Crippen molar-refractivity contribution in [1.29, 1.82) is 0 Å². The molecule has 5 nitrogen and oxygen atoms in total. The van der Waals surface area contributed by atoms with Crippen LogP contribution in [0.1, 0.15) is 22.3 Å². The number of aryl methyl sites for hydroxylation is 1. The monoisotopic (exact) mass is 358 g/mol. The summed E-state index contributed by atoms with van der Waals surface area (Å²) >= 11 is 0. The maximum absolute atomic E-state index is 12.3. The molecule has 0 aliphatic heterocycles.